The second kappa shape index (κ2) is 4.52. The fraction of sp³-hybridized carbons (Fsp3) is 0. The lowest BCUT2D eigenvalue weighted by atomic mass is 10.0. The number of carboxylic acids is 1. The average molecular weight is 252 g/mol. The summed E-state index contributed by atoms with van der Waals surface area (Å²) in [6.45, 7) is 0. The maximum absolute atomic E-state index is 13.7. The quantitative estimate of drug-likeness (QED) is 0.888. The largest absolute Gasteiger partial charge is 0.478 e. The summed E-state index contributed by atoms with van der Waals surface area (Å²) in [5.74, 6) is -4.38. The van der Waals surface area contributed by atoms with Gasteiger partial charge in [-0.2, -0.15) is 0 Å². The van der Waals surface area contributed by atoms with Crippen LogP contribution in [0.5, 0.6) is 0 Å². The average Bonchev–Trinajstić information content (AvgIpc) is 2.32. The van der Waals surface area contributed by atoms with Crippen molar-refractivity contribution in [1.29, 1.82) is 0 Å². The molecule has 0 fully saturated rings. The van der Waals surface area contributed by atoms with Crippen molar-refractivity contribution < 1.29 is 23.1 Å². The van der Waals surface area contributed by atoms with Crippen molar-refractivity contribution >= 4 is 5.97 Å². The fourth-order valence-corrected chi connectivity index (χ4v) is 1.60. The monoisotopic (exact) mass is 252 g/mol. The van der Waals surface area contributed by atoms with E-state index in [1.54, 1.807) is 0 Å². The van der Waals surface area contributed by atoms with Crippen molar-refractivity contribution in [3.05, 3.63) is 59.4 Å². The highest BCUT2D eigenvalue weighted by Crippen LogP contribution is 2.27. The number of carboxylic acid groups (broad SMARTS) is 1. The molecular formula is C13H7F3O2. The molecular weight excluding hydrogens is 245 g/mol. The summed E-state index contributed by atoms with van der Waals surface area (Å²) < 4.78 is 40.5. The summed E-state index contributed by atoms with van der Waals surface area (Å²) in [5.41, 5.74) is -1.21. The summed E-state index contributed by atoms with van der Waals surface area (Å²) in [6.07, 6.45) is 0. The molecule has 18 heavy (non-hydrogen) atoms. The van der Waals surface area contributed by atoms with Gasteiger partial charge in [0.05, 0.1) is 5.56 Å². The molecule has 1 N–H and O–H groups in total. The van der Waals surface area contributed by atoms with Gasteiger partial charge in [0.1, 0.15) is 17.5 Å². The van der Waals surface area contributed by atoms with Crippen LogP contribution in [0.15, 0.2) is 36.4 Å². The van der Waals surface area contributed by atoms with E-state index in [1.165, 1.54) is 18.2 Å². The summed E-state index contributed by atoms with van der Waals surface area (Å²) in [4.78, 5) is 10.6. The van der Waals surface area contributed by atoms with Crippen LogP contribution in [0, 0.1) is 17.5 Å². The highest BCUT2D eigenvalue weighted by atomic mass is 19.1. The minimum atomic E-state index is -1.58. The molecule has 0 saturated heterocycles. The Morgan fingerprint density at radius 2 is 1.56 bits per heavy atom. The molecule has 2 aromatic rings. The Labute approximate surface area is 100 Å². The minimum absolute atomic E-state index is 0.120. The molecule has 92 valence electrons. The van der Waals surface area contributed by atoms with Gasteiger partial charge in [-0.05, 0) is 18.2 Å². The van der Waals surface area contributed by atoms with E-state index >= 15 is 0 Å². The van der Waals surface area contributed by atoms with Gasteiger partial charge in [-0.3, -0.25) is 0 Å². The zero-order chi connectivity index (χ0) is 13.3. The number of benzene rings is 2. The second-order valence-corrected chi connectivity index (χ2v) is 3.60. The van der Waals surface area contributed by atoms with Gasteiger partial charge in [0.25, 0.3) is 0 Å². The van der Waals surface area contributed by atoms with Gasteiger partial charge in [-0.25, -0.2) is 18.0 Å². The van der Waals surface area contributed by atoms with Crippen molar-refractivity contribution in [3.8, 4) is 11.1 Å². The van der Waals surface area contributed by atoms with E-state index in [1.807, 2.05) is 0 Å². The van der Waals surface area contributed by atoms with Crippen molar-refractivity contribution in [2.75, 3.05) is 0 Å². The molecule has 0 aliphatic heterocycles. The third-order valence-electron chi connectivity index (χ3n) is 2.45. The summed E-state index contributed by atoms with van der Waals surface area (Å²) in [6, 6.07) is 6.50. The van der Waals surface area contributed by atoms with Crippen molar-refractivity contribution in [1.82, 2.24) is 0 Å². The molecule has 5 heteroatoms. The van der Waals surface area contributed by atoms with Gasteiger partial charge in [0, 0.05) is 11.1 Å². The summed E-state index contributed by atoms with van der Waals surface area (Å²) >= 11 is 0. The molecule has 0 aliphatic rings. The third-order valence-corrected chi connectivity index (χ3v) is 2.45. The number of hydrogen-bond donors (Lipinski definition) is 1. The van der Waals surface area contributed by atoms with Gasteiger partial charge in [-0.15, -0.1) is 0 Å². The smallest absolute Gasteiger partial charge is 0.338 e. The first-order valence-electron chi connectivity index (χ1n) is 4.98. The Morgan fingerprint density at radius 3 is 2.17 bits per heavy atom. The lowest BCUT2D eigenvalue weighted by Crippen LogP contribution is -2.02. The molecule has 2 nitrogen and oxygen atoms in total. The first-order chi connectivity index (χ1) is 8.50. The fourth-order valence-electron chi connectivity index (χ4n) is 1.60. The molecule has 0 heterocycles. The van der Waals surface area contributed by atoms with E-state index in [4.69, 9.17) is 5.11 Å². The molecule has 2 rings (SSSR count). The molecule has 0 aromatic heterocycles. The first-order valence-corrected chi connectivity index (χ1v) is 4.98. The molecule has 0 aliphatic carbocycles. The molecule has 0 amide bonds. The molecule has 0 saturated carbocycles. The number of rotatable bonds is 2. The van der Waals surface area contributed by atoms with Crippen LogP contribution in [0.4, 0.5) is 13.2 Å². The van der Waals surface area contributed by atoms with Crippen LogP contribution in [0.1, 0.15) is 10.4 Å². The molecule has 0 radical (unpaired) electrons. The van der Waals surface area contributed by atoms with Gasteiger partial charge in [-0.1, -0.05) is 18.2 Å². The van der Waals surface area contributed by atoms with Gasteiger partial charge >= 0.3 is 5.97 Å². The second-order valence-electron chi connectivity index (χ2n) is 3.60. The van der Waals surface area contributed by atoms with Crippen LogP contribution >= 0.6 is 0 Å². The van der Waals surface area contributed by atoms with Crippen molar-refractivity contribution in [2.45, 2.75) is 0 Å². The summed E-state index contributed by atoms with van der Waals surface area (Å²) in [5, 5.41) is 8.63. The highest BCUT2D eigenvalue weighted by molar-refractivity contribution is 5.88. The van der Waals surface area contributed by atoms with E-state index in [0.29, 0.717) is 12.1 Å². The predicted octanol–water partition coefficient (Wildman–Crippen LogP) is 3.47. The molecule has 0 bridgehead atoms. The Balaban J connectivity index is 2.64. The van der Waals surface area contributed by atoms with E-state index < -0.39 is 29.0 Å². The number of hydrogen-bond acceptors (Lipinski definition) is 1. The zero-order valence-corrected chi connectivity index (χ0v) is 8.95. The molecule has 0 spiro atoms. The summed E-state index contributed by atoms with van der Waals surface area (Å²) in [7, 11) is 0. The van der Waals surface area contributed by atoms with Crippen molar-refractivity contribution in [3.63, 3.8) is 0 Å². The number of halogens is 3. The van der Waals surface area contributed by atoms with Crippen LogP contribution in [0.25, 0.3) is 11.1 Å². The normalized spacial score (nSPS) is 10.4. The number of aromatic carboxylic acids is 1. The standard InChI is InChI=1S/C13H7F3O2/c14-10-4-2-1-3-7(10)8-5-12(16)9(13(17)18)6-11(8)15/h1-6H,(H,17,18). The Bertz CT molecular complexity index is 624. The van der Waals surface area contributed by atoms with E-state index in [0.717, 1.165) is 6.07 Å². The van der Waals surface area contributed by atoms with Crippen LogP contribution in [0.2, 0.25) is 0 Å². The Kier molecular flexibility index (Phi) is 3.06. The first kappa shape index (κ1) is 12.2. The molecule has 2 aromatic carbocycles. The van der Waals surface area contributed by atoms with E-state index in [-0.39, 0.29) is 11.1 Å². The minimum Gasteiger partial charge on any atom is -0.478 e. The highest BCUT2D eigenvalue weighted by Gasteiger charge is 2.17. The van der Waals surface area contributed by atoms with E-state index in [2.05, 4.69) is 0 Å². The van der Waals surface area contributed by atoms with Crippen LogP contribution in [0.3, 0.4) is 0 Å². The van der Waals surface area contributed by atoms with Gasteiger partial charge < -0.3 is 5.11 Å². The Morgan fingerprint density at radius 1 is 0.889 bits per heavy atom. The van der Waals surface area contributed by atoms with Crippen molar-refractivity contribution in [2.24, 2.45) is 0 Å². The predicted molar refractivity (Wildman–Crippen MR) is 58.7 cm³/mol. The van der Waals surface area contributed by atoms with E-state index in [9.17, 15) is 18.0 Å². The third kappa shape index (κ3) is 2.07. The maximum Gasteiger partial charge on any atom is 0.338 e. The van der Waals surface area contributed by atoms with Gasteiger partial charge in [0.15, 0.2) is 0 Å². The molecule has 0 unspecified atom stereocenters. The topological polar surface area (TPSA) is 37.3 Å². The maximum atomic E-state index is 13.7. The molecule has 0 atom stereocenters. The number of carbonyl (C=O) groups is 1. The lowest BCUT2D eigenvalue weighted by molar-refractivity contribution is 0.0691. The SMILES string of the molecule is O=C(O)c1cc(F)c(-c2ccccc2F)cc1F. The van der Waals surface area contributed by atoms with Gasteiger partial charge in [0.2, 0.25) is 0 Å². The van der Waals surface area contributed by atoms with Crippen LogP contribution in [-0.2, 0) is 0 Å². The van der Waals surface area contributed by atoms with Crippen LogP contribution < -0.4 is 0 Å². The Hall–Kier alpha value is -2.30. The zero-order valence-electron chi connectivity index (χ0n) is 8.95. The lowest BCUT2D eigenvalue weighted by Gasteiger charge is -2.06. The van der Waals surface area contributed by atoms with Crippen LogP contribution in [-0.4, -0.2) is 11.1 Å².